The number of carbonyl (C=O) groups is 1. The fraction of sp³-hybridized carbons (Fsp3) is 0.300. The molecule has 0 atom stereocenters. The summed E-state index contributed by atoms with van der Waals surface area (Å²) in [5, 5.41) is 8.31. The zero-order valence-corrected chi connectivity index (χ0v) is 18.8. The lowest BCUT2D eigenvalue weighted by Gasteiger charge is -2.16. The zero-order chi connectivity index (χ0) is 21.4. The van der Waals surface area contributed by atoms with Gasteiger partial charge in [-0.05, 0) is 42.3 Å². The Bertz CT molecular complexity index is 870. The molecule has 3 N–H and O–H groups in total. The molecule has 0 heterocycles. The smallest absolute Gasteiger partial charge is 0.357 e. The van der Waals surface area contributed by atoms with Crippen molar-refractivity contribution in [3.8, 4) is 0 Å². The first-order chi connectivity index (χ1) is 13.7. The second-order valence-corrected chi connectivity index (χ2v) is 6.12. The van der Waals surface area contributed by atoms with E-state index in [0.29, 0.717) is 24.1 Å². The lowest BCUT2D eigenvalue weighted by Crippen LogP contribution is -2.37. The molecule has 2 aromatic rings. The van der Waals surface area contributed by atoms with Crippen LogP contribution in [0.5, 0.6) is 0 Å². The molecule has 0 unspecified atom stereocenters. The molecule has 0 aliphatic heterocycles. The van der Waals surface area contributed by atoms with Crippen molar-refractivity contribution in [1.82, 2.24) is 16.0 Å². The molecule has 0 fully saturated rings. The molecule has 164 valence electrons. The molecule has 0 saturated carbocycles. The van der Waals surface area contributed by atoms with Gasteiger partial charge in [-0.25, -0.2) is 9.38 Å². The van der Waals surface area contributed by atoms with Crippen molar-refractivity contribution in [3.63, 3.8) is 0 Å². The Labute approximate surface area is 189 Å². The van der Waals surface area contributed by atoms with Gasteiger partial charge in [0.1, 0.15) is 5.82 Å². The van der Waals surface area contributed by atoms with E-state index in [1.54, 1.807) is 31.3 Å². The Morgan fingerprint density at radius 1 is 1.07 bits per heavy atom. The van der Waals surface area contributed by atoms with Crippen LogP contribution in [0.3, 0.4) is 0 Å². The van der Waals surface area contributed by atoms with E-state index < -0.39 is 17.6 Å². The van der Waals surface area contributed by atoms with Gasteiger partial charge in [-0.3, -0.25) is 4.79 Å². The van der Waals surface area contributed by atoms with E-state index in [4.69, 9.17) is 0 Å². The lowest BCUT2D eigenvalue weighted by atomic mass is 10.1. The number of aliphatic imine (C=N–C) groups is 1. The number of carbonyl (C=O) groups excluding carboxylic acids is 1. The maximum atomic E-state index is 13.2. The second kappa shape index (κ2) is 11.7. The molecule has 30 heavy (non-hydrogen) atoms. The number of nitrogens with zero attached hydrogens (tertiary/aromatic N) is 1. The Morgan fingerprint density at radius 3 is 2.30 bits per heavy atom. The minimum atomic E-state index is -4.65. The van der Waals surface area contributed by atoms with E-state index in [-0.39, 0.29) is 48.5 Å². The Balaban J connectivity index is 0.00000450. The fourth-order valence-corrected chi connectivity index (χ4v) is 2.56. The largest absolute Gasteiger partial charge is 0.416 e. The van der Waals surface area contributed by atoms with Crippen molar-refractivity contribution in [2.75, 3.05) is 13.6 Å². The van der Waals surface area contributed by atoms with Crippen LogP contribution in [0.25, 0.3) is 0 Å². The van der Waals surface area contributed by atoms with Crippen molar-refractivity contribution in [2.24, 2.45) is 4.99 Å². The van der Waals surface area contributed by atoms with Crippen molar-refractivity contribution in [1.29, 1.82) is 0 Å². The van der Waals surface area contributed by atoms with Crippen molar-refractivity contribution in [3.05, 3.63) is 70.5 Å². The Kier molecular flexibility index (Phi) is 10.0. The van der Waals surface area contributed by atoms with E-state index in [2.05, 4.69) is 20.9 Å². The summed E-state index contributed by atoms with van der Waals surface area (Å²) in [6, 6.07) is 9.40. The van der Waals surface area contributed by atoms with Gasteiger partial charge in [0.05, 0.1) is 12.1 Å². The monoisotopic (exact) mass is 538 g/mol. The topological polar surface area (TPSA) is 65.5 Å². The molecule has 5 nitrogen and oxygen atoms in total. The number of hydrogen-bond acceptors (Lipinski definition) is 2. The van der Waals surface area contributed by atoms with Crippen LogP contribution in [0.15, 0.2) is 47.5 Å². The quantitative estimate of drug-likeness (QED) is 0.225. The van der Waals surface area contributed by atoms with Crippen LogP contribution in [-0.4, -0.2) is 25.5 Å². The molecule has 10 heteroatoms. The van der Waals surface area contributed by atoms with Crippen LogP contribution in [0.1, 0.15) is 34.0 Å². The summed E-state index contributed by atoms with van der Waals surface area (Å²) < 4.78 is 52.6. The van der Waals surface area contributed by atoms with Gasteiger partial charge in [0.15, 0.2) is 5.96 Å². The molecule has 0 aliphatic rings. The summed E-state index contributed by atoms with van der Waals surface area (Å²) in [7, 11) is 1.54. The van der Waals surface area contributed by atoms with E-state index in [0.717, 1.165) is 17.7 Å². The number of halogens is 5. The summed E-state index contributed by atoms with van der Waals surface area (Å²) >= 11 is 0. The van der Waals surface area contributed by atoms with Gasteiger partial charge in [-0.15, -0.1) is 24.0 Å². The van der Waals surface area contributed by atoms with Crippen LogP contribution in [0, 0.1) is 5.82 Å². The molecule has 0 saturated heterocycles. The van der Waals surface area contributed by atoms with Gasteiger partial charge in [-0.1, -0.05) is 18.2 Å². The fourth-order valence-electron chi connectivity index (χ4n) is 2.56. The second-order valence-electron chi connectivity index (χ2n) is 6.12. The van der Waals surface area contributed by atoms with E-state index in [1.807, 2.05) is 6.92 Å². The highest BCUT2D eigenvalue weighted by molar-refractivity contribution is 14.0. The van der Waals surface area contributed by atoms with Gasteiger partial charge >= 0.3 is 6.18 Å². The van der Waals surface area contributed by atoms with Gasteiger partial charge < -0.3 is 16.0 Å². The number of amides is 1. The summed E-state index contributed by atoms with van der Waals surface area (Å²) in [6.45, 7) is 2.43. The molecule has 2 rings (SSSR count). The highest BCUT2D eigenvalue weighted by Crippen LogP contribution is 2.32. The first-order valence-corrected chi connectivity index (χ1v) is 8.93. The predicted molar refractivity (Wildman–Crippen MR) is 118 cm³/mol. The van der Waals surface area contributed by atoms with Gasteiger partial charge in [0.2, 0.25) is 0 Å². The van der Waals surface area contributed by atoms with Gasteiger partial charge in [0.25, 0.3) is 5.91 Å². The number of hydrogen-bond donors (Lipinski definition) is 3. The minimum Gasteiger partial charge on any atom is -0.357 e. The zero-order valence-electron chi connectivity index (χ0n) is 16.4. The highest BCUT2D eigenvalue weighted by atomic mass is 127. The maximum absolute atomic E-state index is 13.2. The number of benzene rings is 2. The first-order valence-electron chi connectivity index (χ1n) is 8.93. The third kappa shape index (κ3) is 7.47. The minimum absolute atomic E-state index is 0. The summed E-state index contributed by atoms with van der Waals surface area (Å²) in [5.74, 6) is -0.822. The van der Waals surface area contributed by atoms with Crippen LogP contribution in [0.4, 0.5) is 17.6 Å². The Morgan fingerprint density at radius 2 is 1.73 bits per heavy atom. The summed E-state index contributed by atoms with van der Waals surface area (Å²) in [6.07, 6.45) is -4.65. The highest BCUT2D eigenvalue weighted by Gasteiger charge is 2.33. The van der Waals surface area contributed by atoms with Gasteiger partial charge in [-0.2, -0.15) is 13.2 Å². The summed E-state index contributed by atoms with van der Waals surface area (Å²) in [5.41, 5.74) is 0.235. The van der Waals surface area contributed by atoms with Crippen LogP contribution in [0.2, 0.25) is 0 Å². The molecule has 2 aromatic carbocycles. The molecule has 0 radical (unpaired) electrons. The van der Waals surface area contributed by atoms with Crippen molar-refractivity contribution < 1.29 is 22.4 Å². The number of alkyl halides is 3. The van der Waals surface area contributed by atoms with Crippen LogP contribution >= 0.6 is 24.0 Å². The predicted octanol–water partition coefficient (Wildman–Crippen LogP) is 4.08. The molecule has 0 bridgehead atoms. The lowest BCUT2D eigenvalue weighted by molar-refractivity contribution is -0.138. The normalized spacial score (nSPS) is 11.5. The van der Waals surface area contributed by atoms with E-state index in [9.17, 15) is 22.4 Å². The van der Waals surface area contributed by atoms with Crippen molar-refractivity contribution in [2.45, 2.75) is 26.2 Å². The molecule has 1 amide bonds. The molecule has 0 aliphatic carbocycles. The molecular weight excluding hydrogens is 515 g/mol. The molecule has 0 aromatic heterocycles. The average molecular weight is 538 g/mol. The third-order valence-electron chi connectivity index (χ3n) is 4.03. The van der Waals surface area contributed by atoms with Gasteiger partial charge in [0, 0.05) is 25.7 Å². The number of rotatable bonds is 6. The van der Waals surface area contributed by atoms with Crippen LogP contribution in [-0.2, 0) is 19.3 Å². The number of nitrogens with one attached hydrogen (secondary N) is 3. The average Bonchev–Trinajstić information content (AvgIpc) is 2.69. The molecule has 0 spiro atoms. The first kappa shape index (κ1) is 25.7. The van der Waals surface area contributed by atoms with Crippen molar-refractivity contribution >= 4 is 35.8 Å². The van der Waals surface area contributed by atoms with Crippen LogP contribution < -0.4 is 16.0 Å². The van der Waals surface area contributed by atoms with E-state index >= 15 is 0 Å². The summed E-state index contributed by atoms with van der Waals surface area (Å²) in [4.78, 5) is 15.9. The SMILES string of the molecule is CCNC(=NCc1ccc(C(=O)NC)cc1)NCc1ccc(F)cc1C(F)(F)F.I. The molecular formula is C20H23F4IN4O. The Hall–Kier alpha value is -2.37. The van der Waals surface area contributed by atoms with E-state index in [1.165, 1.54) is 0 Å². The standard InChI is InChI=1S/C20H22F4N4O.HI/c1-3-26-19(27-11-13-4-6-14(7-5-13)18(29)25-2)28-12-15-8-9-16(21)10-17(15)20(22,23)24;/h4-10H,3,11-12H2,1-2H3,(H,25,29)(H2,26,27,28);1H. The maximum Gasteiger partial charge on any atom is 0.416 e. The third-order valence-corrected chi connectivity index (χ3v) is 4.03. The number of guanidine groups is 1.